The molecule has 18 heavy (non-hydrogen) atoms. The lowest BCUT2D eigenvalue weighted by molar-refractivity contribution is 0.474. The summed E-state index contributed by atoms with van der Waals surface area (Å²) in [5.41, 5.74) is 3.12. The SMILES string of the molecule is [CH2]Oc1c(Br)cc(Br)c2nc3ccccc3nc12. The van der Waals surface area contributed by atoms with E-state index in [1.165, 1.54) is 0 Å². The van der Waals surface area contributed by atoms with E-state index in [0.717, 1.165) is 25.5 Å². The summed E-state index contributed by atoms with van der Waals surface area (Å²) in [5, 5.41) is 0. The smallest absolute Gasteiger partial charge is 0.161 e. The highest BCUT2D eigenvalue weighted by atomic mass is 79.9. The monoisotopic (exact) mass is 365 g/mol. The third-order valence-electron chi connectivity index (χ3n) is 2.63. The average molecular weight is 367 g/mol. The minimum Gasteiger partial charge on any atom is -0.486 e. The van der Waals surface area contributed by atoms with E-state index in [1.54, 1.807) is 0 Å². The van der Waals surface area contributed by atoms with Gasteiger partial charge in [0.05, 0.1) is 15.5 Å². The molecule has 1 aromatic heterocycles. The van der Waals surface area contributed by atoms with Gasteiger partial charge in [-0.1, -0.05) is 12.1 Å². The molecular weight excluding hydrogens is 360 g/mol. The number of hydrogen-bond acceptors (Lipinski definition) is 3. The molecule has 2 aromatic carbocycles. The number of rotatable bonds is 1. The number of hydrogen-bond donors (Lipinski definition) is 0. The molecule has 3 rings (SSSR count). The molecule has 5 heteroatoms. The van der Waals surface area contributed by atoms with Crippen molar-refractivity contribution in [3.8, 4) is 5.75 Å². The second-order valence-electron chi connectivity index (χ2n) is 3.72. The number of halogens is 2. The van der Waals surface area contributed by atoms with Crippen molar-refractivity contribution in [2.75, 3.05) is 0 Å². The number of ether oxygens (including phenoxy) is 1. The lowest BCUT2D eigenvalue weighted by atomic mass is 10.2. The van der Waals surface area contributed by atoms with E-state index in [-0.39, 0.29) is 0 Å². The Hall–Kier alpha value is -1.20. The highest BCUT2D eigenvalue weighted by Gasteiger charge is 2.13. The number of aromatic nitrogens is 2. The third kappa shape index (κ3) is 1.78. The molecule has 0 unspecified atom stereocenters. The molecule has 0 aliphatic rings. The minimum absolute atomic E-state index is 0.589. The molecule has 0 N–H and O–H groups in total. The molecule has 3 aromatic rings. The van der Waals surface area contributed by atoms with Crippen LogP contribution in [0.25, 0.3) is 22.1 Å². The first kappa shape index (κ1) is 11.9. The van der Waals surface area contributed by atoms with Crippen molar-refractivity contribution in [3.05, 3.63) is 46.4 Å². The van der Waals surface area contributed by atoms with Crippen LogP contribution in [0.4, 0.5) is 0 Å². The summed E-state index contributed by atoms with van der Waals surface area (Å²) in [6.45, 7) is 0. The van der Waals surface area contributed by atoms with Gasteiger partial charge in [-0.2, -0.15) is 0 Å². The molecule has 0 saturated heterocycles. The van der Waals surface area contributed by atoms with Crippen molar-refractivity contribution < 1.29 is 4.74 Å². The van der Waals surface area contributed by atoms with E-state index in [1.807, 2.05) is 30.3 Å². The first-order chi connectivity index (χ1) is 8.70. The molecule has 0 atom stereocenters. The van der Waals surface area contributed by atoms with E-state index in [0.29, 0.717) is 11.3 Å². The van der Waals surface area contributed by atoms with Crippen molar-refractivity contribution >= 4 is 53.9 Å². The van der Waals surface area contributed by atoms with Crippen LogP contribution in [0, 0.1) is 7.11 Å². The van der Waals surface area contributed by atoms with Crippen molar-refractivity contribution in [3.63, 3.8) is 0 Å². The van der Waals surface area contributed by atoms with Gasteiger partial charge in [-0.3, -0.25) is 0 Å². The van der Waals surface area contributed by atoms with Gasteiger partial charge in [-0.05, 0) is 50.1 Å². The van der Waals surface area contributed by atoms with Crippen LogP contribution in [-0.4, -0.2) is 9.97 Å². The van der Waals surface area contributed by atoms with Crippen LogP contribution in [0.15, 0.2) is 39.3 Å². The molecule has 0 saturated carbocycles. The summed E-state index contributed by atoms with van der Waals surface area (Å²) < 4.78 is 6.80. The van der Waals surface area contributed by atoms with Crippen LogP contribution in [0.3, 0.4) is 0 Å². The van der Waals surface area contributed by atoms with Crippen molar-refractivity contribution in [1.82, 2.24) is 9.97 Å². The molecule has 3 nitrogen and oxygen atoms in total. The fourth-order valence-electron chi connectivity index (χ4n) is 1.82. The highest BCUT2D eigenvalue weighted by molar-refractivity contribution is 9.11. The summed E-state index contributed by atoms with van der Waals surface area (Å²) in [7, 11) is 3.46. The molecule has 0 aliphatic carbocycles. The Kier molecular flexibility index (Phi) is 2.95. The zero-order valence-electron chi connectivity index (χ0n) is 9.15. The number of fused-ring (bicyclic) bond motifs is 2. The largest absolute Gasteiger partial charge is 0.486 e. The fraction of sp³-hybridized carbons (Fsp3) is 0. The first-order valence-electron chi connectivity index (χ1n) is 5.17. The van der Waals surface area contributed by atoms with E-state index in [4.69, 9.17) is 4.74 Å². The second kappa shape index (κ2) is 4.48. The van der Waals surface area contributed by atoms with Gasteiger partial charge in [0.2, 0.25) is 0 Å². The zero-order chi connectivity index (χ0) is 12.7. The molecule has 89 valence electrons. The lowest BCUT2D eigenvalue weighted by Crippen LogP contribution is -1.92. The number of benzene rings is 2. The number of nitrogens with zero attached hydrogens (tertiary/aromatic N) is 2. The Bertz CT molecular complexity index is 759. The maximum absolute atomic E-state index is 5.14. The van der Waals surface area contributed by atoms with Crippen LogP contribution in [-0.2, 0) is 0 Å². The van der Waals surface area contributed by atoms with Crippen LogP contribution in [0.2, 0.25) is 0 Å². The van der Waals surface area contributed by atoms with Crippen molar-refractivity contribution in [1.29, 1.82) is 0 Å². The van der Waals surface area contributed by atoms with Gasteiger partial charge in [-0.15, -0.1) is 0 Å². The minimum atomic E-state index is 0.589. The number of para-hydroxylation sites is 2. The van der Waals surface area contributed by atoms with Crippen molar-refractivity contribution in [2.45, 2.75) is 0 Å². The van der Waals surface area contributed by atoms with E-state index < -0.39 is 0 Å². The van der Waals surface area contributed by atoms with Gasteiger partial charge in [0.15, 0.2) is 5.75 Å². The highest BCUT2D eigenvalue weighted by Crippen LogP contribution is 2.37. The molecule has 0 amide bonds. The van der Waals surface area contributed by atoms with Gasteiger partial charge in [0.1, 0.15) is 18.1 Å². The van der Waals surface area contributed by atoms with Gasteiger partial charge in [0.25, 0.3) is 0 Å². The van der Waals surface area contributed by atoms with Gasteiger partial charge in [0, 0.05) is 4.47 Å². The Morgan fingerprint density at radius 1 is 0.944 bits per heavy atom. The van der Waals surface area contributed by atoms with Crippen molar-refractivity contribution in [2.24, 2.45) is 0 Å². The molecule has 1 heterocycles. The second-order valence-corrected chi connectivity index (χ2v) is 5.43. The van der Waals surface area contributed by atoms with E-state index >= 15 is 0 Å². The standard InChI is InChI=1S/C13H7Br2N2O/c1-18-13-8(15)6-7(14)11-12(13)17-10-5-3-2-4-9(10)16-11/h2-6H,1H2. The van der Waals surface area contributed by atoms with Crippen LogP contribution >= 0.6 is 31.9 Å². The van der Waals surface area contributed by atoms with E-state index in [2.05, 4.69) is 48.9 Å². The average Bonchev–Trinajstić information content (AvgIpc) is 2.37. The topological polar surface area (TPSA) is 35.0 Å². The summed E-state index contributed by atoms with van der Waals surface area (Å²) in [5.74, 6) is 0.589. The molecule has 0 spiro atoms. The Morgan fingerprint density at radius 2 is 1.56 bits per heavy atom. The van der Waals surface area contributed by atoms with Crippen LogP contribution < -0.4 is 4.74 Å². The Balaban J connectivity index is 2.52. The molecular formula is C13H7Br2N2O. The summed E-state index contributed by atoms with van der Waals surface area (Å²) in [6, 6.07) is 9.60. The Morgan fingerprint density at radius 3 is 2.17 bits per heavy atom. The first-order valence-corrected chi connectivity index (χ1v) is 6.76. The molecule has 0 aliphatic heterocycles. The maximum Gasteiger partial charge on any atom is 0.161 e. The summed E-state index contributed by atoms with van der Waals surface area (Å²) in [6.07, 6.45) is 0. The van der Waals surface area contributed by atoms with Crippen LogP contribution in [0.1, 0.15) is 0 Å². The summed E-state index contributed by atoms with van der Waals surface area (Å²) >= 11 is 6.92. The third-order valence-corrected chi connectivity index (χ3v) is 3.82. The molecule has 1 radical (unpaired) electrons. The molecule has 0 bridgehead atoms. The lowest BCUT2D eigenvalue weighted by Gasteiger charge is -2.09. The van der Waals surface area contributed by atoms with Crippen LogP contribution in [0.5, 0.6) is 5.75 Å². The van der Waals surface area contributed by atoms with Gasteiger partial charge in [-0.25, -0.2) is 9.97 Å². The van der Waals surface area contributed by atoms with E-state index in [9.17, 15) is 0 Å². The Labute approximate surface area is 120 Å². The van der Waals surface area contributed by atoms with Gasteiger partial charge < -0.3 is 4.74 Å². The predicted octanol–water partition coefficient (Wildman–Crippen LogP) is 4.48. The molecule has 0 fully saturated rings. The maximum atomic E-state index is 5.14. The zero-order valence-corrected chi connectivity index (χ0v) is 12.3. The summed E-state index contributed by atoms with van der Waals surface area (Å²) in [4.78, 5) is 9.17. The predicted molar refractivity (Wildman–Crippen MR) is 78.4 cm³/mol. The fourth-order valence-corrected chi connectivity index (χ4v) is 3.16. The quantitative estimate of drug-likeness (QED) is 0.595. The van der Waals surface area contributed by atoms with Gasteiger partial charge >= 0.3 is 0 Å². The normalized spacial score (nSPS) is 11.1.